The second kappa shape index (κ2) is 11.7. The Labute approximate surface area is 251 Å². The predicted octanol–water partition coefficient (Wildman–Crippen LogP) is 9.24. The first-order valence-electron chi connectivity index (χ1n) is 14.5. The molecule has 6 aromatic rings. The number of hydrazone groups is 1. The van der Waals surface area contributed by atoms with Crippen LogP contribution in [0.3, 0.4) is 0 Å². The monoisotopic (exact) mass is 558 g/mol. The highest BCUT2D eigenvalue weighted by molar-refractivity contribution is 6.03. The van der Waals surface area contributed by atoms with Crippen LogP contribution in [0.2, 0.25) is 0 Å². The lowest BCUT2D eigenvalue weighted by molar-refractivity contribution is 0.584. The maximum atomic E-state index is 5.93. The average molecular weight is 559 g/mol. The summed E-state index contributed by atoms with van der Waals surface area (Å²) in [4.78, 5) is 0. The van der Waals surface area contributed by atoms with E-state index in [1.807, 2.05) is 42.5 Å². The molecule has 0 spiro atoms. The van der Waals surface area contributed by atoms with Crippen molar-refractivity contribution in [2.45, 2.75) is 19.4 Å². The summed E-state index contributed by atoms with van der Waals surface area (Å²) in [6, 6.07) is 46.0. The number of rotatable bonds is 7. The van der Waals surface area contributed by atoms with Gasteiger partial charge in [0.2, 0.25) is 11.8 Å². The Hall–Kier alpha value is -5.55. The summed E-state index contributed by atoms with van der Waals surface area (Å²) < 4.78 is 5.93. The van der Waals surface area contributed by atoms with Gasteiger partial charge in [-0.3, -0.25) is 5.01 Å². The van der Waals surface area contributed by atoms with E-state index in [1.54, 1.807) is 0 Å². The van der Waals surface area contributed by atoms with Crippen molar-refractivity contribution < 1.29 is 4.42 Å². The van der Waals surface area contributed by atoms with E-state index in [1.165, 1.54) is 16.7 Å². The molecule has 0 N–H and O–H groups in total. The zero-order valence-electron chi connectivity index (χ0n) is 23.8. The molecule has 5 aromatic carbocycles. The Kier molecular flexibility index (Phi) is 7.20. The molecule has 208 valence electrons. The number of aryl methyl sites for hydroxylation is 1. The van der Waals surface area contributed by atoms with Gasteiger partial charge < -0.3 is 4.42 Å². The molecule has 1 aromatic heterocycles. The van der Waals surface area contributed by atoms with Crippen molar-refractivity contribution in [1.82, 2.24) is 10.2 Å². The number of hydrogen-bond acceptors (Lipinski definition) is 5. The quantitative estimate of drug-likeness (QED) is 0.183. The van der Waals surface area contributed by atoms with Crippen LogP contribution in [0.15, 0.2) is 143 Å². The highest BCUT2D eigenvalue weighted by atomic mass is 16.4. The standard InChI is InChI=1S/C38H30N4O/c1-27-12-20-32(21-13-27)37-39-40-38(43-37)33-22-16-28(17-23-33)14-15-29-18-24-34(25-19-29)42-36(31-10-6-3-7-11-31)26-35(41-42)30-8-4-2-5-9-30/h2-25,36H,26H2,1H3/b15-14+. The number of benzene rings is 5. The molecule has 0 amide bonds. The molecule has 1 aliphatic heterocycles. The molecule has 43 heavy (non-hydrogen) atoms. The Morgan fingerprint density at radius 3 is 1.74 bits per heavy atom. The van der Waals surface area contributed by atoms with Crippen LogP contribution in [0.5, 0.6) is 0 Å². The second-order valence-corrected chi connectivity index (χ2v) is 10.7. The van der Waals surface area contributed by atoms with Crippen LogP contribution in [0.1, 0.15) is 40.3 Å². The molecule has 0 saturated heterocycles. The van der Waals surface area contributed by atoms with Gasteiger partial charge in [0.25, 0.3) is 0 Å². The molecule has 0 aliphatic carbocycles. The average Bonchev–Trinajstić information content (AvgIpc) is 3.75. The zero-order valence-corrected chi connectivity index (χ0v) is 23.8. The zero-order chi connectivity index (χ0) is 29.0. The maximum Gasteiger partial charge on any atom is 0.248 e. The fourth-order valence-electron chi connectivity index (χ4n) is 5.31. The van der Waals surface area contributed by atoms with E-state index in [0.717, 1.165) is 40.1 Å². The Morgan fingerprint density at radius 1 is 0.605 bits per heavy atom. The van der Waals surface area contributed by atoms with Gasteiger partial charge in [0.1, 0.15) is 0 Å². The molecular formula is C38H30N4O. The van der Waals surface area contributed by atoms with Crippen LogP contribution < -0.4 is 5.01 Å². The molecule has 7 rings (SSSR count). The molecule has 0 radical (unpaired) electrons. The topological polar surface area (TPSA) is 54.5 Å². The van der Waals surface area contributed by atoms with Crippen molar-refractivity contribution in [3.63, 3.8) is 0 Å². The van der Waals surface area contributed by atoms with E-state index in [2.05, 4.69) is 125 Å². The van der Waals surface area contributed by atoms with Gasteiger partial charge >= 0.3 is 0 Å². The first kappa shape index (κ1) is 26.4. The largest absolute Gasteiger partial charge is 0.416 e. The van der Waals surface area contributed by atoms with Crippen molar-refractivity contribution in [3.05, 3.63) is 161 Å². The first-order valence-corrected chi connectivity index (χ1v) is 14.5. The van der Waals surface area contributed by atoms with Crippen molar-refractivity contribution in [2.75, 3.05) is 5.01 Å². The second-order valence-electron chi connectivity index (χ2n) is 10.7. The molecule has 0 fully saturated rings. The molecule has 1 aliphatic rings. The van der Waals surface area contributed by atoms with Crippen LogP contribution in [-0.2, 0) is 0 Å². The molecule has 0 saturated carbocycles. The summed E-state index contributed by atoms with van der Waals surface area (Å²) in [7, 11) is 0. The fraction of sp³-hybridized carbons (Fsp3) is 0.0789. The van der Waals surface area contributed by atoms with Crippen LogP contribution in [0, 0.1) is 6.92 Å². The third kappa shape index (κ3) is 5.79. The van der Waals surface area contributed by atoms with Crippen LogP contribution >= 0.6 is 0 Å². The fourth-order valence-corrected chi connectivity index (χ4v) is 5.31. The first-order chi connectivity index (χ1) is 21.2. The Balaban J connectivity index is 1.06. The van der Waals surface area contributed by atoms with Gasteiger partial charge in [-0.25, -0.2) is 0 Å². The molecular weight excluding hydrogens is 528 g/mol. The minimum absolute atomic E-state index is 0.156. The van der Waals surface area contributed by atoms with Gasteiger partial charge in [0.15, 0.2) is 0 Å². The third-order valence-electron chi connectivity index (χ3n) is 7.71. The summed E-state index contributed by atoms with van der Waals surface area (Å²) in [5, 5.41) is 15.7. The van der Waals surface area contributed by atoms with Crippen molar-refractivity contribution in [2.24, 2.45) is 5.10 Å². The maximum absolute atomic E-state index is 5.93. The molecule has 5 heteroatoms. The van der Waals surface area contributed by atoms with Crippen molar-refractivity contribution in [3.8, 4) is 22.9 Å². The minimum atomic E-state index is 0.156. The van der Waals surface area contributed by atoms with Gasteiger partial charge in [0, 0.05) is 17.5 Å². The number of anilines is 1. The van der Waals surface area contributed by atoms with E-state index in [0.29, 0.717) is 11.8 Å². The normalized spacial score (nSPS) is 14.8. The van der Waals surface area contributed by atoms with E-state index >= 15 is 0 Å². The van der Waals surface area contributed by atoms with E-state index in [-0.39, 0.29) is 6.04 Å². The summed E-state index contributed by atoms with van der Waals surface area (Å²) in [6.07, 6.45) is 5.10. The van der Waals surface area contributed by atoms with E-state index in [4.69, 9.17) is 9.52 Å². The molecule has 5 nitrogen and oxygen atoms in total. The van der Waals surface area contributed by atoms with Crippen LogP contribution in [0.4, 0.5) is 5.69 Å². The predicted molar refractivity (Wildman–Crippen MR) is 175 cm³/mol. The smallest absolute Gasteiger partial charge is 0.248 e. The van der Waals surface area contributed by atoms with Crippen molar-refractivity contribution >= 4 is 23.6 Å². The SMILES string of the molecule is Cc1ccc(-c2nnc(-c3ccc(/C=C/c4ccc(N5N=C(c6ccccc6)CC5c5ccccc5)cc4)cc3)o2)cc1. The van der Waals surface area contributed by atoms with Crippen LogP contribution in [-0.4, -0.2) is 15.9 Å². The molecule has 2 heterocycles. The minimum Gasteiger partial charge on any atom is -0.416 e. The third-order valence-corrected chi connectivity index (χ3v) is 7.71. The van der Waals surface area contributed by atoms with E-state index < -0.39 is 0 Å². The highest BCUT2D eigenvalue weighted by Crippen LogP contribution is 2.37. The van der Waals surface area contributed by atoms with Crippen molar-refractivity contribution in [1.29, 1.82) is 0 Å². The molecule has 1 unspecified atom stereocenters. The Morgan fingerprint density at radius 2 is 1.14 bits per heavy atom. The summed E-state index contributed by atoms with van der Waals surface area (Å²) in [6.45, 7) is 2.06. The van der Waals surface area contributed by atoms with Gasteiger partial charge in [-0.1, -0.05) is 115 Å². The summed E-state index contributed by atoms with van der Waals surface area (Å²) >= 11 is 0. The Bertz CT molecular complexity index is 1870. The highest BCUT2D eigenvalue weighted by Gasteiger charge is 2.29. The summed E-state index contributed by atoms with van der Waals surface area (Å²) in [5.41, 5.74) is 9.82. The lowest BCUT2D eigenvalue weighted by atomic mass is 9.98. The van der Waals surface area contributed by atoms with Gasteiger partial charge in [-0.05, 0) is 65.6 Å². The molecule has 0 bridgehead atoms. The van der Waals surface area contributed by atoms with E-state index in [9.17, 15) is 0 Å². The summed E-state index contributed by atoms with van der Waals surface area (Å²) in [5.74, 6) is 1.03. The van der Waals surface area contributed by atoms with Gasteiger partial charge in [-0.15, -0.1) is 10.2 Å². The lowest BCUT2D eigenvalue weighted by Gasteiger charge is -2.24. The van der Waals surface area contributed by atoms with Gasteiger partial charge in [-0.2, -0.15) is 5.10 Å². The van der Waals surface area contributed by atoms with Crippen LogP contribution in [0.25, 0.3) is 35.1 Å². The number of nitrogens with zero attached hydrogens (tertiary/aromatic N) is 4. The van der Waals surface area contributed by atoms with Gasteiger partial charge in [0.05, 0.1) is 17.4 Å². The number of aromatic nitrogens is 2. The number of hydrogen-bond donors (Lipinski definition) is 0. The lowest BCUT2D eigenvalue weighted by Crippen LogP contribution is -2.18. The molecule has 1 atom stereocenters.